The summed E-state index contributed by atoms with van der Waals surface area (Å²) in [5.41, 5.74) is 0.941. The van der Waals surface area contributed by atoms with Crippen LogP contribution in [-0.2, 0) is 30.5 Å². The lowest BCUT2D eigenvalue weighted by atomic mass is 9.78. The molecule has 1 saturated carbocycles. The topological polar surface area (TPSA) is 69.7 Å². The van der Waals surface area contributed by atoms with Gasteiger partial charge in [-0.2, -0.15) is 0 Å². The van der Waals surface area contributed by atoms with Crippen molar-refractivity contribution in [1.82, 2.24) is 0 Å². The van der Waals surface area contributed by atoms with Crippen LogP contribution in [0.25, 0.3) is 0 Å². The number of Topliss-reactive ketones (excluding diaryl/α,β-unsaturated/α-hetero) is 1. The quantitative estimate of drug-likeness (QED) is 0.567. The van der Waals surface area contributed by atoms with Gasteiger partial charge in [-0.1, -0.05) is 36.8 Å². The first-order valence-corrected chi connectivity index (χ1v) is 8.49. The molecule has 5 heteroatoms. The largest absolute Gasteiger partial charge is 0.466 e. The highest BCUT2D eigenvalue weighted by Crippen LogP contribution is 2.31. The van der Waals surface area contributed by atoms with Crippen LogP contribution in [0.2, 0.25) is 0 Å². The molecule has 1 aliphatic rings. The van der Waals surface area contributed by atoms with Crippen LogP contribution in [0.15, 0.2) is 30.3 Å². The number of carbonyl (C=O) groups is 3. The van der Waals surface area contributed by atoms with E-state index in [-0.39, 0.29) is 43.2 Å². The van der Waals surface area contributed by atoms with E-state index in [2.05, 4.69) is 0 Å². The van der Waals surface area contributed by atoms with E-state index in [1.165, 1.54) is 0 Å². The Morgan fingerprint density at radius 2 is 1.75 bits per heavy atom. The van der Waals surface area contributed by atoms with E-state index in [9.17, 15) is 14.4 Å². The summed E-state index contributed by atoms with van der Waals surface area (Å²) in [6, 6.07) is 9.51. The number of benzene rings is 1. The lowest BCUT2D eigenvalue weighted by Crippen LogP contribution is -2.29. The van der Waals surface area contributed by atoms with Gasteiger partial charge < -0.3 is 9.47 Å². The molecule has 0 heterocycles. The van der Waals surface area contributed by atoms with Crippen molar-refractivity contribution in [3.05, 3.63) is 35.9 Å². The molecule has 0 aliphatic heterocycles. The van der Waals surface area contributed by atoms with Crippen molar-refractivity contribution < 1.29 is 23.9 Å². The highest BCUT2D eigenvalue weighted by Gasteiger charge is 2.32. The molecule has 2 atom stereocenters. The standard InChI is InChI=1S/C19H24O5/c1-2-23-18(21)12-17(20)15-9-6-10-16(11-15)19(22)24-13-14-7-4-3-5-8-14/h3-5,7-8,15-16H,2,6,9-13H2,1H3. The van der Waals surface area contributed by atoms with Crippen molar-refractivity contribution in [1.29, 1.82) is 0 Å². The van der Waals surface area contributed by atoms with Gasteiger partial charge >= 0.3 is 11.9 Å². The van der Waals surface area contributed by atoms with Crippen LogP contribution in [0.1, 0.15) is 44.6 Å². The Hall–Kier alpha value is -2.17. The average molecular weight is 332 g/mol. The smallest absolute Gasteiger partial charge is 0.313 e. The minimum atomic E-state index is -0.490. The zero-order chi connectivity index (χ0) is 17.4. The third kappa shape index (κ3) is 5.48. The van der Waals surface area contributed by atoms with Crippen molar-refractivity contribution in [2.45, 2.75) is 45.6 Å². The molecule has 1 aliphatic carbocycles. The van der Waals surface area contributed by atoms with Crippen LogP contribution in [0, 0.1) is 11.8 Å². The van der Waals surface area contributed by atoms with Crippen LogP contribution in [0.4, 0.5) is 0 Å². The van der Waals surface area contributed by atoms with E-state index >= 15 is 0 Å². The summed E-state index contributed by atoms with van der Waals surface area (Å²) >= 11 is 0. The number of ether oxygens (including phenoxy) is 2. The Kier molecular flexibility index (Phi) is 6.97. The van der Waals surface area contributed by atoms with Gasteiger partial charge in [0.15, 0.2) is 0 Å². The summed E-state index contributed by atoms with van der Waals surface area (Å²) in [5.74, 6) is -1.39. The van der Waals surface area contributed by atoms with Crippen LogP contribution >= 0.6 is 0 Å². The molecule has 5 nitrogen and oxygen atoms in total. The van der Waals surface area contributed by atoms with E-state index in [0.717, 1.165) is 24.8 Å². The van der Waals surface area contributed by atoms with Gasteiger partial charge in [-0.25, -0.2) is 0 Å². The monoisotopic (exact) mass is 332 g/mol. The fourth-order valence-electron chi connectivity index (χ4n) is 3.04. The Morgan fingerprint density at radius 3 is 2.46 bits per heavy atom. The average Bonchev–Trinajstić information content (AvgIpc) is 2.61. The molecule has 0 spiro atoms. The van der Waals surface area contributed by atoms with Gasteiger partial charge in [0.2, 0.25) is 0 Å². The highest BCUT2D eigenvalue weighted by atomic mass is 16.5. The summed E-state index contributed by atoms with van der Waals surface area (Å²) in [4.78, 5) is 35.9. The molecule has 0 N–H and O–H groups in total. The summed E-state index contributed by atoms with van der Waals surface area (Å²) in [7, 11) is 0. The number of ketones is 1. The molecule has 2 rings (SSSR count). The molecular weight excluding hydrogens is 308 g/mol. The number of hydrogen-bond acceptors (Lipinski definition) is 5. The van der Waals surface area contributed by atoms with Gasteiger partial charge in [0, 0.05) is 5.92 Å². The Bertz CT molecular complexity index is 566. The minimum Gasteiger partial charge on any atom is -0.466 e. The second-order valence-electron chi connectivity index (χ2n) is 6.10. The second-order valence-corrected chi connectivity index (χ2v) is 6.10. The maximum Gasteiger partial charge on any atom is 0.313 e. The van der Waals surface area contributed by atoms with Crippen LogP contribution in [0.5, 0.6) is 0 Å². The van der Waals surface area contributed by atoms with Crippen molar-refractivity contribution in [3.63, 3.8) is 0 Å². The maximum absolute atomic E-state index is 12.2. The number of esters is 2. The maximum atomic E-state index is 12.2. The molecule has 1 fully saturated rings. The number of hydrogen-bond donors (Lipinski definition) is 0. The van der Waals surface area contributed by atoms with Gasteiger partial charge in [0.25, 0.3) is 0 Å². The van der Waals surface area contributed by atoms with E-state index in [4.69, 9.17) is 9.47 Å². The van der Waals surface area contributed by atoms with E-state index in [1.54, 1.807) is 6.92 Å². The molecule has 24 heavy (non-hydrogen) atoms. The fourth-order valence-corrected chi connectivity index (χ4v) is 3.04. The predicted molar refractivity (Wildman–Crippen MR) is 87.9 cm³/mol. The summed E-state index contributed by atoms with van der Waals surface area (Å²) in [5, 5.41) is 0. The summed E-state index contributed by atoms with van der Waals surface area (Å²) in [6.45, 7) is 2.23. The van der Waals surface area contributed by atoms with Crippen LogP contribution in [-0.4, -0.2) is 24.3 Å². The molecule has 1 aromatic carbocycles. The van der Waals surface area contributed by atoms with Crippen LogP contribution in [0.3, 0.4) is 0 Å². The molecule has 2 unspecified atom stereocenters. The Morgan fingerprint density at radius 1 is 1.04 bits per heavy atom. The molecule has 1 aromatic rings. The zero-order valence-electron chi connectivity index (χ0n) is 14.0. The molecule has 0 saturated heterocycles. The van der Waals surface area contributed by atoms with Crippen molar-refractivity contribution >= 4 is 17.7 Å². The van der Waals surface area contributed by atoms with Crippen LogP contribution < -0.4 is 0 Å². The first-order valence-electron chi connectivity index (χ1n) is 8.49. The summed E-state index contributed by atoms with van der Waals surface area (Å²) in [6.07, 6.45) is 2.51. The van der Waals surface area contributed by atoms with E-state index in [0.29, 0.717) is 6.42 Å². The molecule has 0 bridgehead atoms. The molecule has 130 valence electrons. The third-order valence-electron chi connectivity index (χ3n) is 4.31. The molecule has 0 radical (unpaired) electrons. The van der Waals surface area contributed by atoms with Gasteiger partial charge in [-0.3, -0.25) is 14.4 Å². The van der Waals surface area contributed by atoms with E-state index < -0.39 is 5.97 Å². The highest BCUT2D eigenvalue weighted by molar-refractivity contribution is 5.97. The molecular formula is C19H24O5. The van der Waals surface area contributed by atoms with Crippen molar-refractivity contribution in [3.8, 4) is 0 Å². The van der Waals surface area contributed by atoms with Crippen molar-refractivity contribution in [2.75, 3.05) is 6.61 Å². The first-order chi connectivity index (χ1) is 11.6. The normalized spacial score (nSPS) is 20.2. The lowest BCUT2D eigenvalue weighted by molar-refractivity contribution is -0.152. The van der Waals surface area contributed by atoms with Gasteiger partial charge in [-0.15, -0.1) is 0 Å². The van der Waals surface area contributed by atoms with E-state index in [1.807, 2.05) is 30.3 Å². The fraction of sp³-hybridized carbons (Fsp3) is 0.526. The predicted octanol–water partition coefficient (Wildman–Crippen LogP) is 3.06. The van der Waals surface area contributed by atoms with Gasteiger partial charge in [0.05, 0.1) is 12.5 Å². The minimum absolute atomic E-state index is 0.131. The second kappa shape index (κ2) is 9.21. The Labute approximate surface area is 142 Å². The number of rotatable bonds is 7. The van der Waals surface area contributed by atoms with Crippen molar-refractivity contribution in [2.24, 2.45) is 11.8 Å². The molecule has 0 amide bonds. The first kappa shape index (κ1) is 18.2. The summed E-state index contributed by atoms with van der Waals surface area (Å²) < 4.78 is 10.2. The molecule has 0 aromatic heterocycles. The van der Waals surface area contributed by atoms with Gasteiger partial charge in [0.1, 0.15) is 18.8 Å². The number of carbonyl (C=O) groups excluding carboxylic acids is 3. The zero-order valence-corrected chi connectivity index (χ0v) is 14.0. The SMILES string of the molecule is CCOC(=O)CC(=O)C1CCCC(C(=O)OCc2ccccc2)C1. The Balaban J connectivity index is 1.82. The van der Waals surface area contributed by atoms with Gasteiger partial charge in [-0.05, 0) is 31.7 Å². The lowest BCUT2D eigenvalue weighted by Gasteiger charge is -2.26. The third-order valence-corrected chi connectivity index (χ3v) is 4.31.